The van der Waals surface area contributed by atoms with Crippen LogP contribution in [0.25, 0.3) is 0 Å². The Hall–Kier alpha value is -1.22. The van der Waals surface area contributed by atoms with Gasteiger partial charge in [0.15, 0.2) is 11.5 Å². The average molecular weight is 207 g/mol. The van der Waals surface area contributed by atoms with E-state index in [0.717, 1.165) is 37.1 Å². The first kappa shape index (κ1) is 10.3. The van der Waals surface area contributed by atoms with Gasteiger partial charge >= 0.3 is 0 Å². The van der Waals surface area contributed by atoms with E-state index >= 15 is 0 Å². The molecule has 0 amide bonds. The molecule has 1 aliphatic heterocycles. The van der Waals surface area contributed by atoms with Gasteiger partial charge in [-0.3, -0.25) is 0 Å². The molecule has 0 radical (unpaired) electrons. The van der Waals surface area contributed by atoms with Crippen LogP contribution < -0.4 is 5.32 Å². The molecule has 1 saturated heterocycles. The van der Waals surface area contributed by atoms with Gasteiger partial charge in [0.2, 0.25) is 0 Å². The van der Waals surface area contributed by atoms with E-state index in [1.165, 1.54) is 0 Å². The Labute approximate surface area is 89.8 Å². The highest BCUT2D eigenvalue weighted by molar-refractivity contribution is 5.51. The van der Waals surface area contributed by atoms with Gasteiger partial charge in [-0.25, -0.2) is 0 Å². The van der Waals surface area contributed by atoms with E-state index in [4.69, 9.17) is 0 Å². The largest absolute Gasteiger partial charge is 0.504 e. The zero-order valence-electron chi connectivity index (χ0n) is 8.95. The third-order valence-corrected chi connectivity index (χ3v) is 3.12. The summed E-state index contributed by atoms with van der Waals surface area (Å²) in [6, 6.07) is 3.78. The number of benzene rings is 1. The SMILES string of the molecule is Cc1ccc(C2CCCNC2)c(O)c1O. The first-order chi connectivity index (χ1) is 7.20. The normalized spacial score (nSPS) is 21.5. The molecule has 1 aromatic rings. The lowest BCUT2D eigenvalue weighted by Gasteiger charge is -2.24. The molecule has 1 fully saturated rings. The molecule has 0 bridgehead atoms. The minimum atomic E-state index is 0.0260. The van der Waals surface area contributed by atoms with E-state index in [0.29, 0.717) is 5.92 Å². The van der Waals surface area contributed by atoms with Crippen molar-refractivity contribution in [1.82, 2.24) is 5.32 Å². The van der Waals surface area contributed by atoms with Crippen molar-refractivity contribution in [3.8, 4) is 11.5 Å². The van der Waals surface area contributed by atoms with E-state index < -0.39 is 0 Å². The lowest BCUT2D eigenvalue weighted by atomic mass is 9.90. The highest BCUT2D eigenvalue weighted by Crippen LogP contribution is 2.38. The fourth-order valence-electron chi connectivity index (χ4n) is 2.14. The van der Waals surface area contributed by atoms with E-state index in [-0.39, 0.29) is 11.5 Å². The molecule has 3 heteroatoms. The van der Waals surface area contributed by atoms with E-state index in [9.17, 15) is 10.2 Å². The van der Waals surface area contributed by atoms with Crippen molar-refractivity contribution in [2.24, 2.45) is 0 Å². The Kier molecular flexibility index (Phi) is 2.82. The van der Waals surface area contributed by atoms with E-state index in [2.05, 4.69) is 5.32 Å². The van der Waals surface area contributed by atoms with Crippen LogP contribution in [0.4, 0.5) is 0 Å². The maximum Gasteiger partial charge on any atom is 0.161 e. The van der Waals surface area contributed by atoms with Crippen LogP contribution in [0.15, 0.2) is 12.1 Å². The molecule has 0 aliphatic carbocycles. The molecule has 1 heterocycles. The summed E-state index contributed by atoms with van der Waals surface area (Å²) in [4.78, 5) is 0. The van der Waals surface area contributed by atoms with Gasteiger partial charge in [0, 0.05) is 18.0 Å². The maximum atomic E-state index is 9.85. The third-order valence-electron chi connectivity index (χ3n) is 3.12. The summed E-state index contributed by atoms with van der Waals surface area (Å²) in [7, 11) is 0. The smallest absolute Gasteiger partial charge is 0.161 e. The summed E-state index contributed by atoms with van der Waals surface area (Å²) in [6.45, 7) is 3.73. The summed E-state index contributed by atoms with van der Waals surface area (Å²) in [6.07, 6.45) is 2.20. The second kappa shape index (κ2) is 4.11. The summed E-state index contributed by atoms with van der Waals surface area (Å²) in [5, 5.41) is 22.8. The van der Waals surface area contributed by atoms with Crippen molar-refractivity contribution in [3.05, 3.63) is 23.3 Å². The Morgan fingerprint density at radius 2 is 2.07 bits per heavy atom. The second-order valence-corrected chi connectivity index (χ2v) is 4.21. The van der Waals surface area contributed by atoms with Gasteiger partial charge in [0.1, 0.15) is 0 Å². The molecule has 82 valence electrons. The van der Waals surface area contributed by atoms with Gasteiger partial charge in [0.05, 0.1) is 0 Å². The molecule has 1 atom stereocenters. The van der Waals surface area contributed by atoms with Crippen molar-refractivity contribution in [3.63, 3.8) is 0 Å². The summed E-state index contributed by atoms with van der Waals surface area (Å²) < 4.78 is 0. The molecule has 15 heavy (non-hydrogen) atoms. The standard InChI is InChI=1S/C12H17NO2/c1-8-4-5-10(12(15)11(8)14)9-3-2-6-13-7-9/h4-5,9,13-15H,2-3,6-7H2,1H3. The topological polar surface area (TPSA) is 52.5 Å². The fourth-order valence-corrected chi connectivity index (χ4v) is 2.14. The minimum Gasteiger partial charge on any atom is -0.504 e. The molecule has 0 saturated carbocycles. The number of phenolic OH excluding ortho intramolecular Hbond substituents is 2. The van der Waals surface area contributed by atoms with Gasteiger partial charge in [-0.1, -0.05) is 12.1 Å². The molecule has 1 aromatic carbocycles. The minimum absolute atomic E-state index is 0.0260. The average Bonchev–Trinajstić information content (AvgIpc) is 2.27. The van der Waals surface area contributed by atoms with Gasteiger partial charge in [-0.15, -0.1) is 0 Å². The Balaban J connectivity index is 2.31. The molecule has 1 unspecified atom stereocenters. The quantitative estimate of drug-likeness (QED) is 0.616. The zero-order valence-corrected chi connectivity index (χ0v) is 8.95. The van der Waals surface area contributed by atoms with E-state index in [1.54, 1.807) is 6.92 Å². The fraction of sp³-hybridized carbons (Fsp3) is 0.500. The zero-order chi connectivity index (χ0) is 10.8. The molecule has 2 rings (SSSR count). The second-order valence-electron chi connectivity index (χ2n) is 4.21. The van der Waals surface area contributed by atoms with Crippen molar-refractivity contribution < 1.29 is 10.2 Å². The molecule has 1 aliphatic rings. The van der Waals surface area contributed by atoms with Crippen LogP contribution in [0, 0.1) is 6.92 Å². The number of rotatable bonds is 1. The van der Waals surface area contributed by atoms with Crippen LogP contribution in [0.5, 0.6) is 11.5 Å². The number of hydrogen-bond acceptors (Lipinski definition) is 3. The van der Waals surface area contributed by atoms with Gasteiger partial charge in [0.25, 0.3) is 0 Å². The number of aryl methyl sites for hydroxylation is 1. The van der Waals surface area contributed by atoms with Crippen molar-refractivity contribution in [1.29, 1.82) is 0 Å². The Morgan fingerprint density at radius 1 is 1.27 bits per heavy atom. The first-order valence-electron chi connectivity index (χ1n) is 5.42. The van der Waals surface area contributed by atoms with Crippen LogP contribution in [-0.2, 0) is 0 Å². The molecular formula is C12H17NO2. The Morgan fingerprint density at radius 3 is 2.73 bits per heavy atom. The van der Waals surface area contributed by atoms with Crippen LogP contribution in [0.3, 0.4) is 0 Å². The molecule has 3 nitrogen and oxygen atoms in total. The summed E-state index contributed by atoms with van der Waals surface area (Å²) in [5.74, 6) is 0.409. The lowest BCUT2D eigenvalue weighted by Crippen LogP contribution is -2.28. The molecule has 0 aromatic heterocycles. The first-order valence-corrected chi connectivity index (χ1v) is 5.42. The number of piperidine rings is 1. The summed E-state index contributed by atoms with van der Waals surface area (Å²) >= 11 is 0. The van der Waals surface area contributed by atoms with Gasteiger partial charge in [-0.05, 0) is 31.9 Å². The van der Waals surface area contributed by atoms with Crippen molar-refractivity contribution >= 4 is 0 Å². The molecule has 0 spiro atoms. The predicted octanol–water partition coefficient (Wildman–Crippen LogP) is 1.87. The van der Waals surface area contributed by atoms with Crippen LogP contribution in [-0.4, -0.2) is 23.3 Å². The number of phenols is 2. The monoisotopic (exact) mass is 207 g/mol. The van der Waals surface area contributed by atoms with E-state index in [1.807, 2.05) is 12.1 Å². The number of aromatic hydroxyl groups is 2. The maximum absolute atomic E-state index is 9.85. The number of hydrogen-bond donors (Lipinski definition) is 3. The molecule has 3 N–H and O–H groups in total. The van der Waals surface area contributed by atoms with Crippen molar-refractivity contribution in [2.45, 2.75) is 25.7 Å². The highest BCUT2D eigenvalue weighted by Gasteiger charge is 2.20. The predicted molar refractivity (Wildman–Crippen MR) is 59.4 cm³/mol. The van der Waals surface area contributed by atoms with Crippen LogP contribution >= 0.6 is 0 Å². The molecular weight excluding hydrogens is 190 g/mol. The lowest BCUT2D eigenvalue weighted by molar-refractivity contribution is 0.383. The Bertz CT molecular complexity index is 357. The van der Waals surface area contributed by atoms with Gasteiger partial charge in [-0.2, -0.15) is 0 Å². The van der Waals surface area contributed by atoms with Gasteiger partial charge < -0.3 is 15.5 Å². The highest BCUT2D eigenvalue weighted by atomic mass is 16.3. The number of nitrogens with one attached hydrogen (secondary N) is 1. The van der Waals surface area contributed by atoms with Crippen LogP contribution in [0.2, 0.25) is 0 Å². The van der Waals surface area contributed by atoms with Crippen LogP contribution in [0.1, 0.15) is 29.9 Å². The summed E-state index contributed by atoms with van der Waals surface area (Å²) in [5.41, 5.74) is 1.59. The third kappa shape index (κ3) is 1.92. The van der Waals surface area contributed by atoms with Crippen molar-refractivity contribution in [2.75, 3.05) is 13.1 Å².